The number of amides is 1. The molecule has 0 atom stereocenters. The summed E-state index contributed by atoms with van der Waals surface area (Å²) < 4.78 is 5.83. The molecule has 0 aliphatic carbocycles. The lowest BCUT2D eigenvalue weighted by atomic mass is 10.1. The quantitative estimate of drug-likeness (QED) is 0.584. The summed E-state index contributed by atoms with van der Waals surface area (Å²) in [5.74, 6) is -0.102. The lowest BCUT2D eigenvalue weighted by molar-refractivity contribution is -0.119. The maximum Gasteiger partial charge on any atom is 0.239 e. The zero-order valence-electron chi connectivity index (χ0n) is 16.1. The van der Waals surface area contributed by atoms with Crippen LogP contribution in [0, 0.1) is 11.3 Å². The Morgan fingerprint density at radius 3 is 2.28 bits per heavy atom. The van der Waals surface area contributed by atoms with Crippen molar-refractivity contribution in [2.45, 2.75) is 19.8 Å². The van der Waals surface area contributed by atoms with Crippen molar-refractivity contribution in [3.63, 3.8) is 0 Å². The zero-order chi connectivity index (χ0) is 20.3. The van der Waals surface area contributed by atoms with Crippen molar-refractivity contribution in [3.05, 3.63) is 101 Å². The number of carbonyl (C=O) groups is 1. The highest BCUT2D eigenvalue weighted by atomic mass is 16.5. The Labute approximate surface area is 171 Å². The number of benzene rings is 3. The van der Waals surface area contributed by atoms with Gasteiger partial charge in [0, 0.05) is 12.2 Å². The molecule has 0 aliphatic rings. The standard InChI is InChI=1S/C24H23N3O2/c25-14-19-10-12-23(13-11-19)26-16-24(28)27-15-21-8-4-5-9-22(21)18-29-17-20-6-2-1-3-7-20/h1-13,26H,15-18H2,(H,27,28). The van der Waals surface area contributed by atoms with Crippen LogP contribution in [0.25, 0.3) is 0 Å². The van der Waals surface area contributed by atoms with E-state index in [1.54, 1.807) is 24.3 Å². The van der Waals surface area contributed by atoms with Crippen LogP contribution in [0.1, 0.15) is 22.3 Å². The first-order valence-electron chi connectivity index (χ1n) is 9.44. The van der Waals surface area contributed by atoms with E-state index in [9.17, 15) is 4.79 Å². The number of ether oxygens (including phenoxy) is 1. The lowest BCUT2D eigenvalue weighted by Gasteiger charge is -2.12. The van der Waals surface area contributed by atoms with Crippen LogP contribution in [-0.4, -0.2) is 12.5 Å². The van der Waals surface area contributed by atoms with Gasteiger partial charge in [0.1, 0.15) is 0 Å². The highest BCUT2D eigenvalue weighted by molar-refractivity contribution is 5.80. The van der Waals surface area contributed by atoms with E-state index in [-0.39, 0.29) is 12.5 Å². The van der Waals surface area contributed by atoms with E-state index in [0.29, 0.717) is 25.3 Å². The summed E-state index contributed by atoms with van der Waals surface area (Å²) >= 11 is 0. The Hall–Kier alpha value is -3.62. The van der Waals surface area contributed by atoms with Crippen LogP contribution in [0.15, 0.2) is 78.9 Å². The second kappa shape index (κ2) is 10.6. The van der Waals surface area contributed by atoms with Crippen LogP contribution in [-0.2, 0) is 29.3 Å². The molecule has 1 amide bonds. The molecule has 5 nitrogen and oxygen atoms in total. The van der Waals surface area contributed by atoms with Gasteiger partial charge in [0.2, 0.25) is 5.91 Å². The first kappa shape index (κ1) is 20.1. The summed E-state index contributed by atoms with van der Waals surface area (Å²) in [6.45, 7) is 1.65. The summed E-state index contributed by atoms with van der Waals surface area (Å²) in [6, 6.07) is 27.0. The Bertz CT molecular complexity index is 963. The second-order valence-electron chi connectivity index (χ2n) is 6.57. The summed E-state index contributed by atoms with van der Waals surface area (Å²) in [6.07, 6.45) is 0. The summed E-state index contributed by atoms with van der Waals surface area (Å²) in [7, 11) is 0. The number of hydrogen-bond donors (Lipinski definition) is 2. The minimum atomic E-state index is -0.102. The Balaban J connectivity index is 1.45. The summed E-state index contributed by atoms with van der Waals surface area (Å²) in [4.78, 5) is 12.2. The van der Waals surface area contributed by atoms with Gasteiger partial charge in [0.25, 0.3) is 0 Å². The molecule has 3 rings (SSSR count). The first-order chi connectivity index (χ1) is 14.2. The van der Waals surface area contributed by atoms with Crippen LogP contribution in [0.5, 0.6) is 0 Å². The van der Waals surface area contributed by atoms with Gasteiger partial charge in [-0.3, -0.25) is 4.79 Å². The molecule has 3 aromatic carbocycles. The predicted molar refractivity (Wildman–Crippen MR) is 113 cm³/mol. The van der Waals surface area contributed by atoms with Crippen LogP contribution >= 0.6 is 0 Å². The van der Waals surface area contributed by atoms with Crippen molar-refractivity contribution in [2.75, 3.05) is 11.9 Å². The third-order valence-corrected chi connectivity index (χ3v) is 4.43. The monoisotopic (exact) mass is 385 g/mol. The van der Waals surface area contributed by atoms with Crippen LogP contribution in [0.4, 0.5) is 5.69 Å². The van der Waals surface area contributed by atoms with Crippen molar-refractivity contribution >= 4 is 11.6 Å². The van der Waals surface area contributed by atoms with E-state index in [0.717, 1.165) is 22.4 Å². The van der Waals surface area contributed by atoms with E-state index in [1.807, 2.05) is 54.6 Å². The molecule has 2 N–H and O–H groups in total. The Kier molecular flexibility index (Phi) is 7.39. The van der Waals surface area contributed by atoms with Crippen molar-refractivity contribution in [2.24, 2.45) is 0 Å². The topological polar surface area (TPSA) is 74.2 Å². The average molecular weight is 385 g/mol. The number of carbonyl (C=O) groups excluding carboxylic acids is 1. The van der Waals surface area contributed by atoms with Crippen molar-refractivity contribution in [3.8, 4) is 6.07 Å². The van der Waals surface area contributed by atoms with Gasteiger partial charge in [-0.2, -0.15) is 5.26 Å². The van der Waals surface area contributed by atoms with Crippen molar-refractivity contribution < 1.29 is 9.53 Å². The van der Waals surface area contributed by atoms with E-state index < -0.39 is 0 Å². The molecule has 29 heavy (non-hydrogen) atoms. The molecule has 0 fully saturated rings. The zero-order valence-corrected chi connectivity index (χ0v) is 16.1. The predicted octanol–water partition coefficient (Wildman–Crippen LogP) is 4.00. The summed E-state index contributed by atoms with van der Waals surface area (Å²) in [5, 5.41) is 14.8. The highest BCUT2D eigenvalue weighted by Crippen LogP contribution is 2.12. The number of nitriles is 1. The van der Waals surface area contributed by atoms with Gasteiger partial charge < -0.3 is 15.4 Å². The van der Waals surface area contributed by atoms with Crippen molar-refractivity contribution in [1.82, 2.24) is 5.32 Å². The molecule has 0 spiro atoms. The number of nitrogens with zero attached hydrogens (tertiary/aromatic N) is 1. The molecule has 5 heteroatoms. The van der Waals surface area contributed by atoms with Crippen LogP contribution in [0.3, 0.4) is 0 Å². The van der Waals surface area contributed by atoms with E-state index in [4.69, 9.17) is 10.00 Å². The maximum atomic E-state index is 12.2. The summed E-state index contributed by atoms with van der Waals surface area (Å²) in [5.41, 5.74) is 4.61. The van der Waals surface area contributed by atoms with Gasteiger partial charge in [-0.05, 0) is 41.0 Å². The van der Waals surface area contributed by atoms with Gasteiger partial charge in [0.15, 0.2) is 0 Å². The molecular weight excluding hydrogens is 362 g/mol. The van der Waals surface area contributed by atoms with E-state index >= 15 is 0 Å². The first-order valence-corrected chi connectivity index (χ1v) is 9.44. The molecule has 0 saturated heterocycles. The molecule has 3 aromatic rings. The molecular formula is C24H23N3O2. The minimum Gasteiger partial charge on any atom is -0.376 e. The van der Waals surface area contributed by atoms with Crippen LogP contribution < -0.4 is 10.6 Å². The number of hydrogen-bond acceptors (Lipinski definition) is 4. The molecule has 0 aromatic heterocycles. The molecule has 0 saturated carbocycles. The Morgan fingerprint density at radius 1 is 0.862 bits per heavy atom. The Morgan fingerprint density at radius 2 is 1.55 bits per heavy atom. The molecule has 146 valence electrons. The fourth-order valence-electron chi connectivity index (χ4n) is 2.83. The normalized spacial score (nSPS) is 10.2. The smallest absolute Gasteiger partial charge is 0.239 e. The molecule has 0 bridgehead atoms. The third-order valence-electron chi connectivity index (χ3n) is 4.43. The van der Waals surface area contributed by atoms with Crippen molar-refractivity contribution in [1.29, 1.82) is 5.26 Å². The van der Waals surface area contributed by atoms with Gasteiger partial charge in [-0.1, -0.05) is 54.6 Å². The van der Waals surface area contributed by atoms with Gasteiger partial charge in [0.05, 0.1) is 31.4 Å². The molecule has 0 heterocycles. The average Bonchev–Trinajstić information content (AvgIpc) is 2.78. The molecule has 0 unspecified atom stereocenters. The number of nitrogens with one attached hydrogen (secondary N) is 2. The fourth-order valence-corrected chi connectivity index (χ4v) is 2.83. The minimum absolute atomic E-state index is 0.102. The molecule has 0 aliphatic heterocycles. The van der Waals surface area contributed by atoms with Gasteiger partial charge >= 0.3 is 0 Å². The highest BCUT2D eigenvalue weighted by Gasteiger charge is 2.06. The number of rotatable bonds is 9. The number of anilines is 1. The molecule has 0 radical (unpaired) electrons. The third kappa shape index (κ3) is 6.49. The maximum absolute atomic E-state index is 12.2. The SMILES string of the molecule is N#Cc1ccc(NCC(=O)NCc2ccccc2COCc2ccccc2)cc1. The van der Waals surface area contributed by atoms with E-state index in [1.165, 1.54) is 0 Å². The second-order valence-corrected chi connectivity index (χ2v) is 6.57. The van der Waals surface area contributed by atoms with Gasteiger partial charge in [-0.25, -0.2) is 0 Å². The fraction of sp³-hybridized carbons (Fsp3) is 0.167. The van der Waals surface area contributed by atoms with E-state index in [2.05, 4.69) is 16.7 Å². The van der Waals surface area contributed by atoms with Crippen LogP contribution in [0.2, 0.25) is 0 Å². The van der Waals surface area contributed by atoms with Gasteiger partial charge in [-0.15, -0.1) is 0 Å². The lowest BCUT2D eigenvalue weighted by Crippen LogP contribution is -2.29. The largest absolute Gasteiger partial charge is 0.376 e.